The third-order valence-electron chi connectivity index (χ3n) is 3.74. The Morgan fingerprint density at radius 3 is 2.78 bits per heavy atom. The molecule has 1 fully saturated rings. The second kappa shape index (κ2) is 6.75. The number of carbonyl (C=O) groups excluding carboxylic acids is 1. The first-order valence-electron chi connectivity index (χ1n) is 7.47. The van der Waals surface area contributed by atoms with Gasteiger partial charge in [0, 0.05) is 26.3 Å². The Morgan fingerprint density at radius 1 is 1.35 bits per heavy atom. The van der Waals surface area contributed by atoms with Gasteiger partial charge in [0.05, 0.1) is 30.7 Å². The summed E-state index contributed by atoms with van der Waals surface area (Å²) >= 11 is 0. The second-order valence-electron chi connectivity index (χ2n) is 5.41. The number of hydrogen-bond acceptors (Lipinski definition) is 4. The summed E-state index contributed by atoms with van der Waals surface area (Å²) in [5.41, 5.74) is 1.73. The zero-order chi connectivity index (χ0) is 16.2. The minimum atomic E-state index is -0.289. The molecule has 0 atom stereocenters. The number of nitrogens with zero attached hydrogens (tertiary/aromatic N) is 3. The number of ether oxygens (including phenoxy) is 1. The van der Waals surface area contributed by atoms with E-state index in [0.717, 1.165) is 0 Å². The zero-order valence-corrected chi connectivity index (χ0v) is 12.9. The molecule has 23 heavy (non-hydrogen) atoms. The molecule has 1 aromatic heterocycles. The predicted molar refractivity (Wildman–Crippen MR) is 86.0 cm³/mol. The van der Waals surface area contributed by atoms with Gasteiger partial charge < -0.3 is 9.64 Å². The Bertz CT molecular complexity index is 733. The van der Waals surface area contributed by atoms with Crippen molar-refractivity contribution in [3.05, 3.63) is 53.6 Å². The summed E-state index contributed by atoms with van der Waals surface area (Å²) in [6, 6.07) is 4.99. The maximum atomic E-state index is 14.3. The highest BCUT2D eigenvalue weighted by atomic mass is 19.1. The van der Waals surface area contributed by atoms with Gasteiger partial charge in [0.15, 0.2) is 5.78 Å². The van der Waals surface area contributed by atoms with Crippen molar-refractivity contribution in [1.29, 1.82) is 0 Å². The number of anilines is 1. The summed E-state index contributed by atoms with van der Waals surface area (Å²) in [5.74, 6) is -0.446. The lowest BCUT2D eigenvalue weighted by Gasteiger charge is -2.29. The van der Waals surface area contributed by atoms with E-state index in [-0.39, 0.29) is 11.6 Å². The number of aromatic nitrogens is 2. The third-order valence-corrected chi connectivity index (χ3v) is 3.74. The highest BCUT2D eigenvalue weighted by Crippen LogP contribution is 2.22. The summed E-state index contributed by atoms with van der Waals surface area (Å²) in [6.45, 7) is 2.60. The largest absolute Gasteiger partial charge is 0.378 e. The number of ketones is 1. The van der Waals surface area contributed by atoms with E-state index in [0.29, 0.717) is 43.1 Å². The first kappa shape index (κ1) is 15.4. The van der Waals surface area contributed by atoms with Crippen LogP contribution in [0.3, 0.4) is 0 Å². The minimum absolute atomic E-state index is 0.157. The smallest absolute Gasteiger partial charge is 0.189 e. The molecule has 6 heteroatoms. The normalized spacial score (nSPS) is 15.3. The van der Waals surface area contributed by atoms with Crippen molar-refractivity contribution in [1.82, 2.24) is 9.78 Å². The monoisotopic (exact) mass is 315 g/mol. The maximum absolute atomic E-state index is 14.3. The molecule has 1 saturated heterocycles. The number of halogens is 1. The van der Waals surface area contributed by atoms with Crippen molar-refractivity contribution >= 4 is 17.5 Å². The SMILES string of the molecule is Cn1cc(C(=O)C=Cc2ccc(N3CCOCC3)c(F)c2)cn1. The van der Waals surface area contributed by atoms with Crippen LogP contribution in [-0.2, 0) is 11.8 Å². The molecule has 3 rings (SSSR count). The summed E-state index contributed by atoms with van der Waals surface area (Å²) in [5, 5.41) is 3.96. The van der Waals surface area contributed by atoms with Gasteiger partial charge in [0.1, 0.15) is 5.82 Å². The quantitative estimate of drug-likeness (QED) is 0.641. The molecular weight excluding hydrogens is 297 g/mol. The summed E-state index contributed by atoms with van der Waals surface area (Å²) < 4.78 is 21.1. The minimum Gasteiger partial charge on any atom is -0.378 e. The first-order chi connectivity index (χ1) is 11.1. The molecule has 120 valence electrons. The second-order valence-corrected chi connectivity index (χ2v) is 5.41. The fraction of sp³-hybridized carbons (Fsp3) is 0.294. The number of rotatable bonds is 4. The Kier molecular flexibility index (Phi) is 4.52. The fourth-order valence-electron chi connectivity index (χ4n) is 2.50. The lowest BCUT2D eigenvalue weighted by molar-refractivity contribution is 0.104. The highest BCUT2D eigenvalue weighted by molar-refractivity contribution is 6.06. The fourth-order valence-corrected chi connectivity index (χ4v) is 2.50. The van der Waals surface area contributed by atoms with Crippen LogP contribution in [0.2, 0.25) is 0 Å². The lowest BCUT2D eigenvalue weighted by Crippen LogP contribution is -2.36. The van der Waals surface area contributed by atoms with Crippen molar-refractivity contribution in [3.63, 3.8) is 0 Å². The van der Waals surface area contributed by atoms with Crippen molar-refractivity contribution in [3.8, 4) is 0 Å². The zero-order valence-electron chi connectivity index (χ0n) is 12.9. The Morgan fingerprint density at radius 2 is 2.13 bits per heavy atom. The van der Waals surface area contributed by atoms with Gasteiger partial charge in [0.2, 0.25) is 0 Å². The van der Waals surface area contributed by atoms with E-state index in [4.69, 9.17) is 4.74 Å². The van der Waals surface area contributed by atoms with E-state index in [1.807, 2.05) is 4.90 Å². The molecule has 0 unspecified atom stereocenters. The first-order valence-corrected chi connectivity index (χ1v) is 7.47. The van der Waals surface area contributed by atoms with Crippen LogP contribution >= 0.6 is 0 Å². The number of aryl methyl sites for hydroxylation is 1. The van der Waals surface area contributed by atoms with Crippen molar-refractivity contribution in [2.24, 2.45) is 7.05 Å². The van der Waals surface area contributed by atoms with Gasteiger partial charge in [0.25, 0.3) is 0 Å². The van der Waals surface area contributed by atoms with Crippen molar-refractivity contribution < 1.29 is 13.9 Å². The van der Waals surface area contributed by atoms with Crippen LogP contribution in [0.4, 0.5) is 10.1 Å². The number of carbonyl (C=O) groups is 1. The van der Waals surface area contributed by atoms with Gasteiger partial charge in [-0.1, -0.05) is 12.1 Å². The molecule has 0 radical (unpaired) electrons. The van der Waals surface area contributed by atoms with E-state index in [1.165, 1.54) is 18.3 Å². The third kappa shape index (κ3) is 3.65. The average Bonchev–Trinajstić information content (AvgIpc) is 3.00. The van der Waals surface area contributed by atoms with Gasteiger partial charge in [-0.25, -0.2) is 4.39 Å². The van der Waals surface area contributed by atoms with Gasteiger partial charge in [-0.2, -0.15) is 5.10 Å². The molecule has 0 bridgehead atoms. The standard InChI is InChI=1S/C17H18FN3O2/c1-20-12-14(11-19-20)17(22)5-3-13-2-4-16(15(18)10-13)21-6-8-23-9-7-21/h2-5,10-12H,6-9H2,1H3. The van der Waals surface area contributed by atoms with Gasteiger partial charge in [-0.15, -0.1) is 0 Å². The van der Waals surface area contributed by atoms with E-state index >= 15 is 0 Å². The molecule has 1 aliphatic rings. The topological polar surface area (TPSA) is 47.4 Å². The summed E-state index contributed by atoms with van der Waals surface area (Å²) in [4.78, 5) is 13.9. The molecule has 2 aromatic rings. The van der Waals surface area contributed by atoms with Crippen LogP contribution in [0.15, 0.2) is 36.7 Å². The Balaban J connectivity index is 1.72. The summed E-state index contributed by atoms with van der Waals surface area (Å²) in [7, 11) is 1.75. The van der Waals surface area contributed by atoms with Gasteiger partial charge >= 0.3 is 0 Å². The van der Waals surface area contributed by atoms with Gasteiger partial charge in [-0.05, 0) is 23.8 Å². The molecule has 1 aromatic carbocycles. The van der Waals surface area contributed by atoms with Crippen LogP contribution in [-0.4, -0.2) is 41.9 Å². The maximum Gasteiger partial charge on any atom is 0.189 e. The number of hydrogen-bond donors (Lipinski definition) is 0. The molecular formula is C17H18FN3O2. The molecule has 0 N–H and O–H groups in total. The number of allylic oxidation sites excluding steroid dienone is 1. The van der Waals surface area contributed by atoms with Gasteiger partial charge in [-0.3, -0.25) is 9.48 Å². The van der Waals surface area contributed by atoms with Crippen LogP contribution < -0.4 is 4.90 Å². The van der Waals surface area contributed by atoms with E-state index in [1.54, 1.807) is 36.1 Å². The summed E-state index contributed by atoms with van der Waals surface area (Å²) in [6.07, 6.45) is 6.20. The van der Waals surface area contributed by atoms with E-state index in [2.05, 4.69) is 5.10 Å². The van der Waals surface area contributed by atoms with E-state index < -0.39 is 0 Å². The van der Waals surface area contributed by atoms with Crippen molar-refractivity contribution in [2.45, 2.75) is 0 Å². The molecule has 5 nitrogen and oxygen atoms in total. The number of benzene rings is 1. The van der Waals surface area contributed by atoms with Crippen LogP contribution in [0.1, 0.15) is 15.9 Å². The molecule has 0 saturated carbocycles. The van der Waals surface area contributed by atoms with Crippen molar-refractivity contribution in [2.75, 3.05) is 31.2 Å². The lowest BCUT2D eigenvalue weighted by atomic mass is 10.1. The molecule has 1 aliphatic heterocycles. The number of morpholine rings is 1. The van der Waals surface area contributed by atoms with E-state index in [9.17, 15) is 9.18 Å². The Labute approximate surface area is 134 Å². The highest BCUT2D eigenvalue weighted by Gasteiger charge is 2.15. The molecule has 0 aliphatic carbocycles. The molecule has 0 spiro atoms. The van der Waals surface area contributed by atoms with Crippen LogP contribution in [0.5, 0.6) is 0 Å². The van der Waals surface area contributed by atoms with Crippen LogP contribution in [0.25, 0.3) is 6.08 Å². The predicted octanol–water partition coefficient (Wildman–Crippen LogP) is 2.29. The Hall–Kier alpha value is -2.47. The van der Waals surface area contributed by atoms with Crippen LogP contribution in [0, 0.1) is 5.82 Å². The molecule has 2 heterocycles. The molecule has 0 amide bonds. The average molecular weight is 315 g/mol.